The van der Waals surface area contributed by atoms with Gasteiger partial charge in [0.1, 0.15) is 17.2 Å². The number of hydrogen-bond donors (Lipinski definition) is 2. The molecular weight excluding hydrogens is 340 g/mol. The van der Waals surface area contributed by atoms with E-state index in [1.54, 1.807) is 33.8 Å². The van der Waals surface area contributed by atoms with Crippen LogP contribution < -0.4 is 5.32 Å². The minimum atomic E-state index is -1.14. The van der Waals surface area contributed by atoms with Crippen molar-refractivity contribution in [2.75, 3.05) is 13.2 Å². The molecule has 8 nitrogen and oxygen atoms in total. The Balaban J connectivity index is 2.12. The molecule has 2 amide bonds. The molecule has 0 aromatic carbocycles. The molecule has 1 aliphatic heterocycles. The monoisotopic (exact) mass is 368 g/mol. The Kier molecular flexibility index (Phi) is 5.65. The van der Waals surface area contributed by atoms with Crippen LogP contribution in [0.25, 0.3) is 0 Å². The summed E-state index contributed by atoms with van der Waals surface area (Å²) in [6.07, 6.45) is 0.597. The van der Waals surface area contributed by atoms with Gasteiger partial charge in [-0.1, -0.05) is 6.08 Å². The van der Waals surface area contributed by atoms with Crippen molar-refractivity contribution < 1.29 is 29.0 Å². The maximum Gasteiger partial charge on any atom is 0.411 e. The van der Waals surface area contributed by atoms with Crippen LogP contribution in [0.5, 0.6) is 0 Å². The minimum absolute atomic E-state index is 0.00426. The minimum Gasteiger partial charge on any atom is -0.464 e. The number of nitrogens with zero attached hydrogens (tertiary/aromatic N) is 1. The number of aliphatic hydroxyl groups excluding tert-OH is 1. The zero-order chi connectivity index (χ0) is 19.7. The van der Waals surface area contributed by atoms with Gasteiger partial charge in [0.2, 0.25) is 5.91 Å². The number of nitrogens with one attached hydrogen (secondary N) is 1. The first-order valence-electron chi connectivity index (χ1n) is 8.83. The summed E-state index contributed by atoms with van der Waals surface area (Å²) in [6.45, 7) is 10.7. The molecule has 1 saturated heterocycles. The van der Waals surface area contributed by atoms with Crippen LogP contribution in [-0.2, 0) is 19.1 Å². The fraction of sp³-hybridized carbons (Fsp3) is 0.722. The normalized spacial score (nSPS) is 30.5. The average Bonchev–Trinajstić information content (AvgIpc) is 3.09. The second-order valence-electron chi connectivity index (χ2n) is 7.77. The van der Waals surface area contributed by atoms with Gasteiger partial charge in [-0.3, -0.25) is 9.69 Å². The number of carbonyl (C=O) groups is 3. The van der Waals surface area contributed by atoms with E-state index < -0.39 is 41.3 Å². The molecule has 0 aromatic heterocycles. The van der Waals surface area contributed by atoms with E-state index in [4.69, 9.17) is 9.47 Å². The van der Waals surface area contributed by atoms with E-state index in [2.05, 4.69) is 11.9 Å². The van der Waals surface area contributed by atoms with E-state index in [0.29, 0.717) is 6.42 Å². The van der Waals surface area contributed by atoms with E-state index in [1.807, 2.05) is 0 Å². The van der Waals surface area contributed by atoms with Crippen LogP contribution in [-0.4, -0.2) is 64.4 Å². The summed E-state index contributed by atoms with van der Waals surface area (Å²) >= 11 is 0. The first-order chi connectivity index (χ1) is 12.0. The lowest BCUT2D eigenvalue weighted by atomic mass is 10.1. The molecule has 0 aromatic rings. The lowest BCUT2D eigenvalue weighted by Crippen LogP contribution is -2.53. The van der Waals surface area contributed by atoms with Crippen LogP contribution in [0.4, 0.5) is 4.79 Å². The SMILES string of the molecule is C=CC1C[C@@]1(NC(=O)[C@@H]1C[C@@H](O)CN1C(=O)OC(C)(C)C)C(=O)OCC. The number of carbonyl (C=O) groups excluding carboxylic acids is 3. The zero-order valence-corrected chi connectivity index (χ0v) is 15.8. The van der Waals surface area contributed by atoms with Gasteiger partial charge in [-0.05, 0) is 34.1 Å². The zero-order valence-electron chi connectivity index (χ0n) is 15.8. The Morgan fingerprint density at radius 3 is 2.54 bits per heavy atom. The third-order valence-corrected chi connectivity index (χ3v) is 4.49. The number of likely N-dealkylation sites (tertiary alicyclic amines) is 1. The molecule has 2 fully saturated rings. The van der Waals surface area contributed by atoms with E-state index in [9.17, 15) is 19.5 Å². The molecule has 4 atom stereocenters. The topological polar surface area (TPSA) is 105 Å². The molecule has 2 N–H and O–H groups in total. The number of rotatable bonds is 5. The first kappa shape index (κ1) is 20.2. The van der Waals surface area contributed by atoms with Gasteiger partial charge in [0.25, 0.3) is 0 Å². The van der Waals surface area contributed by atoms with Crippen LogP contribution in [0.15, 0.2) is 12.7 Å². The number of aliphatic hydroxyl groups is 1. The predicted molar refractivity (Wildman–Crippen MR) is 93.2 cm³/mol. The molecule has 1 aliphatic carbocycles. The van der Waals surface area contributed by atoms with Crippen molar-refractivity contribution >= 4 is 18.0 Å². The van der Waals surface area contributed by atoms with Crippen LogP contribution in [0.1, 0.15) is 40.5 Å². The molecule has 0 bridgehead atoms. The maximum absolute atomic E-state index is 12.8. The number of esters is 1. The molecule has 146 valence electrons. The Morgan fingerprint density at radius 1 is 1.38 bits per heavy atom. The average molecular weight is 368 g/mol. The Morgan fingerprint density at radius 2 is 2.04 bits per heavy atom. The van der Waals surface area contributed by atoms with Gasteiger partial charge in [0, 0.05) is 12.3 Å². The summed E-state index contributed by atoms with van der Waals surface area (Å²) in [5, 5.41) is 12.7. The summed E-state index contributed by atoms with van der Waals surface area (Å²) in [6, 6.07) is -0.905. The lowest BCUT2D eigenvalue weighted by molar-refractivity contribution is -0.149. The standard InChI is InChI=1S/C18H28N2O6/c1-6-11-9-18(11,15(23)25-7-2)19-14(22)13-8-12(21)10-20(13)16(24)26-17(3,4)5/h6,11-13,21H,1,7-10H2,2-5H3,(H,19,22)/t11?,12-,13+,18+/m1/s1. The lowest BCUT2D eigenvalue weighted by Gasteiger charge is -2.29. The Labute approximate surface area is 153 Å². The Hall–Kier alpha value is -2.09. The molecule has 1 unspecified atom stereocenters. The highest BCUT2D eigenvalue weighted by atomic mass is 16.6. The molecule has 1 saturated carbocycles. The molecule has 0 radical (unpaired) electrons. The smallest absolute Gasteiger partial charge is 0.411 e. The van der Waals surface area contributed by atoms with Crippen molar-refractivity contribution in [2.24, 2.45) is 5.92 Å². The largest absolute Gasteiger partial charge is 0.464 e. The van der Waals surface area contributed by atoms with Gasteiger partial charge < -0.3 is 19.9 Å². The number of hydrogen-bond acceptors (Lipinski definition) is 6. The van der Waals surface area contributed by atoms with Gasteiger partial charge in [-0.2, -0.15) is 0 Å². The van der Waals surface area contributed by atoms with Crippen molar-refractivity contribution in [1.82, 2.24) is 10.2 Å². The third-order valence-electron chi connectivity index (χ3n) is 4.49. The van der Waals surface area contributed by atoms with Crippen molar-refractivity contribution in [3.8, 4) is 0 Å². The van der Waals surface area contributed by atoms with Gasteiger partial charge in [0.05, 0.1) is 19.3 Å². The van der Waals surface area contributed by atoms with Crippen molar-refractivity contribution in [1.29, 1.82) is 0 Å². The summed E-state index contributed by atoms with van der Waals surface area (Å²) in [7, 11) is 0. The van der Waals surface area contributed by atoms with E-state index >= 15 is 0 Å². The molecule has 1 heterocycles. The highest BCUT2D eigenvalue weighted by Gasteiger charge is 2.62. The summed E-state index contributed by atoms with van der Waals surface area (Å²) in [5.74, 6) is -1.24. The summed E-state index contributed by atoms with van der Waals surface area (Å²) < 4.78 is 10.4. The van der Waals surface area contributed by atoms with Gasteiger partial charge >= 0.3 is 12.1 Å². The van der Waals surface area contributed by atoms with Crippen LogP contribution >= 0.6 is 0 Å². The second kappa shape index (κ2) is 7.26. The highest BCUT2D eigenvalue weighted by molar-refractivity contribution is 5.95. The molecule has 8 heteroatoms. The molecule has 26 heavy (non-hydrogen) atoms. The fourth-order valence-electron chi connectivity index (χ4n) is 3.15. The summed E-state index contributed by atoms with van der Waals surface area (Å²) in [5.41, 5.74) is -1.86. The molecular formula is C18H28N2O6. The van der Waals surface area contributed by atoms with Crippen LogP contribution in [0.2, 0.25) is 0 Å². The molecule has 2 aliphatic rings. The third kappa shape index (κ3) is 4.17. The van der Waals surface area contributed by atoms with Crippen molar-refractivity contribution in [3.05, 3.63) is 12.7 Å². The first-order valence-corrected chi connectivity index (χ1v) is 8.83. The summed E-state index contributed by atoms with van der Waals surface area (Å²) in [4.78, 5) is 38.6. The van der Waals surface area contributed by atoms with Crippen LogP contribution in [0.3, 0.4) is 0 Å². The molecule has 2 rings (SSSR count). The van der Waals surface area contributed by atoms with Gasteiger partial charge in [0.15, 0.2) is 0 Å². The van der Waals surface area contributed by atoms with E-state index in [0.717, 1.165) is 0 Å². The predicted octanol–water partition coefficient (Wildman–Crippen LogP) is 0.981. The van der Waals surface area contributed by atoms with E-state index in [1.165, 1.54) is 4.90 Å². The molecule has 0 spiro atoms. The highest BCUT2D eigenvalue weighted by Crippen LogP contribution is 2.45. The van der Waals surface area contributed by atoms with Crippen molar-refractivity contribution in [2.45, 2.75) is 63.8 Å². The van der Waals surface area contributed by atoms with E-state index in [-0.39, 0.29) is 25.5 Å². The fourth-order valence-corrected chi connectivity index (χ4v) is 3.15. The van der Waals surface area contributed by atoms with Gasteiger partial charge in [-0.15, -0.1) is 6.58 Å². The number of ether oxygens (including phenoxy) is 2. The van der Waals surface area contributed by atoms with Crippen molar-refractivity contribution in [3.63, 3.8) is 0 Å². The van der Waals surface area contributed by atoms with Gasteiger partial charge in [-0.25, -0.2) is 9.59 Å². The maximum atomic E-state index is 12.8. The Bertz CT molecular complexity index is 599. The second-order valence-corrected chi connectivity index (χ2v) is 7.77. The number of β-amino-alcohol motifs (C(OH)–C–C–N with tert-alkyl or cyclic N) is 1. The van der Waals surface area contributed by atoms with Crippen LogP contribution in [0, 0.1) is 5.92 Å². The quantitative estimate of drug-likeness (QED) is 0.554. The number of amides is 2.